The number of fused-ring (bicyclic) bond motifs is 2. The van der Waals surface area contributed by atoms with Crippen molar-refractivity contribution >= 4 is 29.2 Å². The first-order chi connectivity index (χ1) is 9.60. The molecule has 2 bridgehead atoms. The van der Waals surface area contributed by atoms with Crippen LogP contribution in [-0.4, -0.2) is 25.2 Å². The predicted octanol–water partition coefficient (Wildman–Crippen LogP) is 3.39. The zero-order chi connectivity index (χ0) is 14.3. The summed E-state index contributed by atoms with van der Waals surface area (Å²) in [4.78, 5) is 12.2. The molecule has 3 rings (SSSR count). The van der Waals surface area contributed by atoms with Crippen molar-refractivity contribution in [1.29, 1.82) is 0 Å². The number of carbonyl (C=O) groups is 1. The number of methoxy groups -OCH3 is 1. The lowest BCUT2D eigenvalue weighted by Gasteiger charge is -2.36. The van der Waals surface area contributed by atoms with Gasteiger partial charge in [0, 0.05) is 18.0 Å². The first-order valence-corrected chi connectivity index (χ1v) is 7.64. The Kier molecular flexibility index (Phi) is 3.93. The second-order valence-corrected chi connectivity index (χ2v) is 6.43. The van der Waals surface area contributed by atoms with Crippen molar-refractivity contribution in [3.8, 4) is 0 Å². The summed E-state index contributed by atoms with van der Waals surface area (Å²) in [7, 11) is 1.45. The Bertz CT molecular complexity index is 535. The minimum atomic E-state index is -0.143. The van der Waals surface area contributed by atoms with E-state index < -0.39 is 0 Å². The minimum absolute atomic E-state index is 0.140. The Hall–Kier alpha value is -0.770. The number of rotatable bonds is 2. The summed E-state index contributed by atoms with van der Waals surface area (Å²) in [6.45, 7) is 0. The molecule has 0 aromatic heterocycles. The standard InChI is InChI=1S/C15H17Cl2NO2/c1-20-15(19)14-10(7-9-3-5-13(14)18-9)8-2-4-11(16)12(17)6-8/h2,4,6,9-10,13-14,18H,3,5,7H2,1H3/t9-,10+,13+,14-/m0/s1. The molecule has 0 amide bonds. The van der Waals surface area contributed by atoms with E-state index in [0.717, 1.165) is 24.8 Å². The zero-order valence-corrected chi connectivity index (χ0v) is 12.7. The predicted molar refractivity (Wildman–Crippen MR) is 79.3 cm³/mol. The van der Waals surface area contributed by atoms with Crippen LogP contribution in [0.5, 0.6) is 0 Å². The van der Waals surface area contributed by atoms with Crippen molar-refractivity contribution in [1.82, 2.24) is 5.32 Å². The summed E-state index contributed by atoms with van der Waals surface area (Å²) in [6.07, 6.45) is 3.09. The number of hydrogen-bond acceptors (Lipinski definition) is 3. The maximum Gasteiger partial charge on any atom is 0.310 e. The lowest BCUT2D eigenvalue weighted by molar-refractivity contribution is -0.148. The van der Waals surface area contributed by atoms with Gasteiger partial charge in [0.1, 0.15) is 0 Å². The summed E-state index contributed by atoms with van der Waals surface area (Å²) in [6, 6.07) is 6.35. The highest BCUT2D eigenvalue weighted by Crippen LogP contribution is 2.43. The van der Waals surface area contributed by atoms with E-state index in [1.165, 1.54) is 7.11 Å². The van der Waals surface area contributed by atoms with Gasteiger partial charge in [-0.1, -0.05) is 29.3 Å². The van der Waals surface area contributed by atoms with Crippen LogP contribution < -0.4 is 5.32 Å². The molecule has 20 heavy (non-hydrogen) atoms. The molecule has 2 aliphatic heterocycles. The van der Waals surface area contributed by atoms with Gasteiger partial charge in [0.05, 0.1) is 23.1 Å². The molecule has 0 spiro atoms. The molecule has 2 aliphatic rings. The Morgan fingerprint density at radius 2 is 2.10 bits per heavy atom. The number of piperidine rings is 1. The first kappa shape index (κ1) is 14.2. The van der Waals surface area contributed by atoms with Gasteiger partial charge in [-0.2, -0.15) is 0 Å². The third-order valence-electron chi connectivity index (χ3n) is 4.53. The largest absolute Gasteiger partial charge is 0.469 e. The second-order valence-electron chi connectivity index (χ2n) is 5.61. The van der Waals surface area contributed by atoms with Crippen LogP contribution in [0.25, 0.3) is 0 Å². The topological polar surface area (TPSA) is 38.3 Å². The number of halogens is 2. The molecule has 2 heterocycles. The molecule has 3 nitrogen and oxygen atoms in total. The Balaban J connectivity index is 1.96. The smallest absolute Gasteiger partial charge is 0.310 e. The normalized spacial score (nSPS) is 32.1. The van der Waals surface area contributed by atoms with Gasteiger partial charge in [0.2, 0.25) is 0 Å². The molecular formula is C15H17Cl2NO2. The van der Waals surface area contributed by atoms with Crippen LogP contribution in [-0.2, 0) is 9.53 Å². The van der Waals surface area contributed by atoms with Crippen molar-refractivity contribution in [3.63, 3.8) is 0 Å². The van der Waals surface area contributed by atoms with E-state index in [0.29, 0.717) is 16.1 Å². The zero-order valence-electron chi connectivity index (χ0n) is 11.2. The molecule has 4 atom stereocenters. The maximum absolute atomic E-state index is 12.2. The molecule has 1 aromatic carbocycles. The van der Waals surface area contributed by atoms with E-state index in [2.05, 4.69) is 5.32 Å². The van der Waals surface area contributed by atoms with Gasteiger partial charge < -0.3 is 10.1 Å². The van der Waals surface area contributed by atoms with Crippen molar-refractivity contribution in [2.75, 3.05) is 7.11 Å². The fourth-order valence-electron chi connectivity index (χ4n) is 3.60. The lowest BCUT2D eigenvalue weighted by Crippen LogP contribution is -2.48. The van der Waals surface area contributed by atoms with Gasteiger partial charge in [-0.05, 0) is 37.0 Å². The molecule has 108 valence electrons. The molecule has 0 aliphatic carbocycles. The number of esters is 1. The van der Waals surface area contributed by atoms with Crippen LogP contribution in [0.4, 0.5) is 0 Å². The van der Waals surface area contributed by atoms with E-state index in [4.69, 9.17) is 27.9 Å². The number of benzene rings is 1. The van der Waals surface area contributed by atoms with Crippen LogP contribution >= 0.6 is 23.2 Å². The monoisotopic (exact) mass is 313 g/mol. The average Bonchev–Trinajstić information content (AvgIpc) is 2.82. The molecular weight excluding hydrogens is 297 g/mol. The van der Waals surface area contributed by atoms with E-state index in [9.17, 15) is 4.79 Å². The quantitative estimate of drug-likeness (QED) is 0.851. The molecule has 0 radical (unpaired) electrons. The Labute approximate surface area is 128 Å². The SMILES string of the molecule is COC(=O)[C@H]1[C@@H](c2ccc(Cl)c(Cl)c2)C[C@@H]2CC[C@H]1N2. The van der Waals surface area contributed by atoms with Gasteiger partial charge in [-0.3, -0.25) is 4.79 Å². The second kappa shape index (κ2) is 5.55. The van der Waals surface area contributed by atoms with Crippen molar-refractivity contribution in [3.05, 3.63) is 33.8 Å². The van der Waals surface area contributed by atoms with Gasteiger partial charge >= 0.3 is 5.97 Å². The van der Waals surface area contributed by atoms with Gasteiger partial charge in [-0.15, -0.1) is 0 Å². The first-order valence-electron chi connectivity index (χ1n) is 6.89. The summed E-state index contributed by atoms with van der Waals surface area (Å²) in [5.41, 5.74) is 1.08. The highest BCUT2D eigenvalue weighted by molar-refractivity contribution is 6.42. The summed E-state index contributed by atoms with van der Waals surface area (Å²) >= 11 is 12.1. The van der Waals surface area contributed by atoms with E-state index in [1.54, 1.807) is 6.07 Å². The fraction of sp³-hybridized carbons (Fsp3) is 0.533. The van der Waals surface area contributed by atoms with Gasteiger partial charge in [0.25, 0.3) is 0 Å². The number of carbonyl (C=O) groups excluding carboxylic acids is 1. The molecule has 1 N–H and O–H groups in total. The molecule has 1 aromatic rings. The number of hydrogen-bond donors (Lipinski definition) is 1. The fourth-order valence-corrected chi connectivity index (χ4v) is 3.91. The third-order valence-corrected chi connectivity index (χ3v) is 5.27. The van der Waals surface area contributed by atoms with E-state index in [1.807, 2.05) is 12.1 Å². The van der Waals surface area contributed by atoms with Crippen molar-refractivity contribution < 1.29 is 9.53 Å². The minimum Gasteiger partial charge on any atom is -0.469 e. The molecule has 0 unspecified atom stereocenters. The molecule has 2 fully saturated rings. The number of ether oxygens (including phenoxy) is 1. The van der Waals surface area contributed by atoms with Crippen LogP contribution in [0.2, 0.25) is 10.0 Å². The van der Waals surface area contributed by atoms with Crippen molar-refractivity contribution in [2.45, 2.75) is 37.3 Å². The van der Waals surface area contributed by atoms with E-state index >= 15 is 0 Å². The average molecular weight is 314 g/mol. The van der Waals surface area contributed by atoms with Crippen LogP contribution in [0.1, 0.15) is 30.7 Å². The Morgan fingerprint density at radius 3 is 2.80 bits per heavy atom. The summed E-state index contributed by atoms with van der Waals surface area (Å²) in [5.74, 6) is -0.133. The summed E-state index contributed by atoms with van der Waals surface area (Å²) < 4.78 is 5.01. The van der Waals surface area contributed by atoms with E-state index in [-0.39, 0.29) is 23.8 Å². The van der Waals surface area contributed by atoms with Gasteiger partial charge in [-0.25, -0.2) is 0 Å². The Morgan fingerprint density at radius 1 is 1.30 bits per heavy atom. The van der Waals surface area contributed by atoms with Crippen LogP contribution in [0.15, 0.2) is 18.2 Å². The van der Waals surface area contributed by atoms with Crippen LogP contribution in [0.3, 0.4) is 0 Å². The molecule has 5 heteroatoms. The molecule has 2 saturated heterocycles. The highest BCUT2D eigenvalue weighted by atomic mass is 35.5. The van der Waals surface area contributed by atoms with Crippen molar-refractivity contribution in [2.24, 2.45) is 5.92 Å². The lowest BCUT2D eigenvalue weighted by atomic mass is 9.77. The highest BCUT2D eigenvalue weighted by Gasteiger charge is 2.46. The maximum atomic E-state index is 12.2. The van der Waals surface area contributed by atoms with Crippen LogP contribution in [0, 0.1) is 5.92 Å². The number of nitrogens with one attached hydrogen (secondary N) is 1. The van der Waals surface area contributed by atoms with Gasteiger partial charge in [0.15, 0.2) is 0 Å². The third kappa shape index (κ3) is 2.43. The molecule has 0 saturated carbocycles. The summed E-state index contributed by atoms with van der Waals surface area (Å²) in [5, 5.41) is 4.61.